The maximum atomic E-state index is 13.2. The van der Waals surface area contributed by atoms with Crippen molar-refractivity contribution in [2.45, 2.75) is 24.8 Å². The predicted octanol–water partition coefficient (Wildman–Crippen LogP) is 4.06. The molecule has 0 radical (unpaired) electrons. The van der Waals surface area contributed by atoms with Gasteiger partial charge in [-0.15, -0.1) is 11.3 Å². The lowest BCUT2D eigenvalue weighted by Crippen LogP contribution is -2.35. The molecule has 6 nitrogen and oxygen atoms in total. The molecule has 0 bridgehead atoms. The third-order valence-corrected chi connectivity index (χ3v) is 7.59. The molecule has 0 aliphatic carbocycles. The Morgan fingerprint density at radius 3 is 2.63 bits per heavy atom. The molecule has 1 aliphatic rings. The van der Waals surface area contributed by atoms with Crippen molar-refractivity contribution >= 4 is 33.0 Å². The van der Waals surface area contributed by atoms with E-state index in [2.05, 4.69) is 4.72 Å². The number of nitrogens with one attached hydrogen (secondary N) is 1. The summed E-state index contributed by atoms with van der Waals surface area (Å²) in [6.07, 6.45) is 0.828. The Balaban J connectivity index is 1.58. The van der Waals surface area contributed by atoms with Gasteiger partial charge in [0.15, 0.2) is 0 Å². The van der Waals surface area contributed by atoms with Crippen molar-refractivity contribution in [3.8, 4) is 5.75 Å². The Labute approximate surface area is 180 Å². The molecule has 0 fully saturated rings. The number of fused-ring (bicyclic) bond motifs is 1. The third kappa shape index (κ3) is 4.06. The van der Waals surface area contributed by atoms with E-state index in [1.165, 1.54) is 22.6 Å². The van der Waals surface area contributed by atoms with E-state index < -0.39 is 10.0 Å². The second-order valence-electron chi connectivity index (χ2n) is 7.16. The van der Waals surface area contributed by atoms with Crippen LogP contribution in [0.5, 0.6) is 5.75 Å². The SMILES string of the molecule is COc1ccc(NS(=O)(=O)c2ccc(C)c(C(=O)N3CCc4sccc4C3)c2)cc1. The number of sulfonamides is 1. The highest BCUT2D eigenvalue weighted by molar-refractivity contribution is 7.92. The molecule has 8 heteroatoms. The van der Waals surface area contributed by atoms with Gasteiger partial charge in [0.2, 0.25) is 0 Å². The first-order valence-corrected chi connectivity index (χ1v) is 11.9. The standard InChI is InChI=1S/C22H22N2O4S2/c1-15-3-8-19(30(26,27)23-17-4-6-18(28-2)7-5-17)13-20(15)22(25)24-11-9-21-16(14-24)10-12-29-21/h3-8,10,12-13,23H,9,11,14H2,1-2H3. The van der Waals surface area contributed by atoms with Gasteiger partial charge in [-0.2, -0.15) is 0 Å². The number of carbonyl (C=O) groups excluding carboxylic acids is 1. The van der Waals surface area contributed by atoms with Gasteiger partial charge >= 0.3 is 0 Å². The summed E-state index contributed by atoms with van der Waals surface area (Å²) in [6, 6.07) is 13.3. The van der Waals surface area contributed by atoms with Crippen LogP contribution in [-0.4, -0.2) is 32.9 Å². The van der Waals surface area contributed by atoms with Crippen LogP contribution < -0.4 is 9.46 Å². The number of methoxy groups -OCH3 is 1. The molecule has 0 spiro atoms. The van der Waals surface area contributed by atoms with Gasteiger partial charge in [-0.05, 0) is 72.3 Å². The highest BCUT2D eigenvalue weighted by Gasteiger charge is 2.25. The molecular formula is C22H22N2O4S2. The van der Waals surface area contributed by atoms with Gasteiger partial charge in [0.05, 0.1) is 12.0 Å². The quantitative estimate of drug-likeness (QED) is 0.646. The Bertz CT molecular complexity index is 1180. The number of thiophene rings is 1. The molecule has 156 valence electrons. The van der Waals surface area contributed by atoms with Gasteiger partial charge in [-0.3, -0.25) is 9.52 Å². The van der Waals surface area contributed by atoms with Gasteiger partial charge < -0.3 is 9.64 Å². The minimum absolute atomic E-state index is 0.0560. The van der Waals surface area contributed by atoms with Gasteiger partial charge in [0.25, 0.3) is 15.9 Å². The van der Waals surface area contributed by atoms with Crippen LogP contribution in [0.3, 0.4) is 0 Å². The zero-order valence-electron chi connectivity index (χ0n) is 16.7. The van der Waals surface area contributed by atoms with Gasteiger partial charge in [-0.25, -0.2) is 8.42 Å². The Morgan fingerprint density at radius 1 is 1.13 bits per heavy atom. The lowest BCUT2D eigenvalue weighted by atomic mass is 10.0. The Morgan fingerprint density at radius 2 is 1.90 bits per heavy atom. The molecule has 4 rings (SSSR count). The summed E-state index contributed by atoms with van der Waals surface area (Å²) in [5.74, 6) is 0.488. The van der Waals surface area contributed by atoms with Crippen LogP contribution in [0.2, 0.25) is 0 Å². The number of hydrogen-bond acceptors (Lipinski definition) is 5. The third-order valence-electron chi connectivity index (χ3n) is 5.19. The number of amides is 1. The molecule has 0 saturated heterocycles. The van der Waals surface area contributed by atoms with E-state index in [0.29, 0.717) is 30.1 Å². The molecule has 1 N–H and O–H groups in total. The van der Waals surface area contributed by atoms with E-state index in [1.807, 2.05) is 18.4 Å². The maximum Gasteiger partial charge on any atom is 0.261 e. The van der Waals surface area contributed by atoms with E-state index in [1.54, 1.807) is 53.7 Å². The minimum Gasteiger partial charge on any atom is -0.497 e. The Kier molecular flexibility index (Phi) is 5.53. The van der Waals surface area contributed by atoms with E-state index in [0.717, 1.165) is 12.0 Å². The highest BCUT2D eigenvalue weighted by atomic mass is 32.2. The van der Waals surface area contributed by atoms with Crippen molar-refractivity contribution in [3.05, 3.63) is 75.5 Å². The molecule has 1 aliphatic heterocycles. The molecule has 3 aromatic rings. The normalized spacial score (nSPS) is 13.6. The summed E-state index contributed by atoms with van der Waals surface area (Å²) in [5.41, 5.74) is 2.75. The lowest BCUT2D eigenvalue weighted by Gasteiger charge is -2.27. The van der Waals surface area contributed by atoms with Crippen LogP contribution >= 0.6 is 11.3 Å². The number of carbonyl (C=O) groups is 1. The molecule has 1 aromatic heterocycles. The van der Waals surface area contributed by atoms with Crippen molar-refractivity contribution < 1.29 is 17.9 Å². The van der Waals surface area contributed by atoms with Gasteiger partial charge in [0, 0.05) is 29.2 Å². The topological polar surface area (TPSA) is 75.7 Å². The highest BCUT2D eigenvalue weighted by Crippen LogP contribution is 2.27. The van der Waals surface area contributed by atoms with Crippen molar-refractivity contribution in [1.82, 2.24) is 4.90 Å². The van der Waals surface area contributed by atoms with Crippen LogP contribution in [0.4, 0.5) is 5.69 Å². The summed E-state index contributed by atoms with van der Waals surface area (Å²) in [4.78, 5) is 16.3. The van der Waals surface area contributed by atoms with E-state index in [-0.39, 0.29) is 10.8 Å². The number of rotatable bonds is 5. The number of benzene rings is 2. The maximum absolute atomic E-state index is 13.2. The summed E-state index contributed by atoms with van der Waals surface area (Å²) >= 11 is 1.71. The van der Waals surface area contributed by atoms with Crippen molar-refractivity contribution in [2.24, 2.45) is 0 Å². The molecular weight excluding hydrogens is 420 g/mol. The zero-order valence-corrected chi connectivity index (χ0v) is 18.3. The van der Waals surface area contributed by atoms with Crippen LogP contribution in [0, 0.1) is 6.92 Å². The van der Waals surface area contributed by atoms with Gasteiger partial charge in [-0.1, -0.05) is 6.07 Å². The fraction of sp³-hybridized carbons (Fsp3) is 0.227. The smallest absolute Gasteiger partial charge is 0.261 e. The first kappa shape index (κ1) is 20.4. The van der Waals surface area contributed by atoms with Crippen molar-refractivity contribution in [1.29, 1.82) is 0 Å². The summed E-state index contributed by atoms with van der Waals surface area (Å²) < 4.78 is 33.4. The van der Waals surface area contributed by atoms with Crippen LogP contribution in [0.25, 0.3) is 0 Å². The van der Waals surface area contributed by atoms with Crippen molar-refractivity contribution in [3.63, 3.8) is 0 Å². The fourth-order valence-electron chi connectivity index (χ4n) is 3.46. The summed E-state index contributed by atoms with van der Waals surface area (Å²) in [7, 11) is -2.29. The number of hydrogen-bond donors (Lipinski definition) is 1. The molecule has 2 heterocycles. The second kappa shape index (κ2) is 8.12. The largest absolute Gasteiger partial charge is 0.497 e. The monoisotopic (exact) mass is 442 g/mol. The molecule has 1 amide bonds. The first-order chi connectivity index (χ1) is 14.4. The molecule has 0 atom stereocenters. The zero-order chi connectivity index (χ0) is 21.3. The Hall–Kier alpha value is -2.84. The lowest BCUT2D eigenvalue weighted by molar-refractivity contribution is 0.0735. The average molecular weight is 443 g/mol. The average Bonchev–Trinajstić information content (AvgIpc) is 3.21. The number of aryl methyl sites for hydroxylation is 1. The molecule has 30 heavy (non-hydrogen) atoms. The van der Waals surface area contributed by atoms with Crippen LogP contribution in [0.15, 0.2) is 58.8 Å². The molecule has 0 unspecified atom stereocenters. The second-order valence-corrected chi connectivity index (χ2v) is 9.84. The number of anilines is 1. The van der Waals surface area contributed by atoms with Crippen LogP contribution in [-0.2, 0) is 23.0 Å². The van der Waals surface area contributed by atoms with E-state index >= 15 is 0 Å². The minimum atomic E-state index is -3.84. The number of ether oxygens (including phenoxy) is 1. The first-order valence-electron chi connectivity index (χ1n) is 9.49. The fourth-order valence-corrected chi connectivity index (χ4v) is 5.44. The molecule has 2 aromatic carbocycles. The summed E-state index contributed by atoms with van der Waals surface area (Å²) in [6.45, 7) is 3.01. The summed E-state index contributed by atoms with van der Waals surface area (Å²) in [5, 5.41) is 2.04. The van der Waals surface area contributed by atoms with E-state index in [9.17, 15) is 13.2 Å². The number of nitrogens with zero attached hydrogens (tertiary/aromatic N) is 1. The molecule has 0 saturated carbocycles. The van der Waals surface area contributed by atoms with E-state index in [4.69, 9.17) is 4.74 Å². The predicted molar refractivity (Wildman–Crippen MR) is 118 cm³/mol. The van der Waals surface area contributed by atoms with Crippen molar-refractivity contribution in [2.75, 3.05) is 18.4 Å². The van der Waals surface area contributed by atoms with Crippen LogP contribution in [0.1, 0.15) is 26.4 Å². The van der Waals surface area contributed by atoms with Gasteiger partial charge in [0.1, 0.15) is 5.75 Å².